The number of nitrogens with zero attached hydrogens (tertiary/aromatic N) is 3. The molecule has 0 unspecified atom stereocenters. The first kappa shape index (κ1) is 10.7. The molecule has 0 N–H and O–H groups in total. The van der Waals surface area contributed by atoms with Crippen molar-refractivity contribution in [2.45, 2.75) is 6.92 Å². The molecule has 0 bridgehead atoms. The minimum Gasteiger partial charge on any atom is -0.461 e. The molecule has 90 valence electrons. The van der Waals surface area contributed by atoms with Crippen LogP contribution in [0.2, 0.25) is 0 Å². The number of hydrogen-bond donors (Lipinski definition) is 0. The SMILES string of the molecule is CCOC(=O)c1cnc2c3ccccc3ncn12. The quantitative estimate of drug-likeness (QED) is 0.644. The number of rotatable bonds is 2. The van der Waals surface area contributed by atoms with Gasteiger partial charge in [0.2, 0.25) is 0 Å². The number of carbonyl (C=O) groups excluding carboxylic acids is 1. The van der Waals surface area contributed by atoms with E-state index in [1.807, 2.05) is 24.3 Å². The highest BCUT2D eigenvalue weighted by atomic mass is 16.5. The Morgan fingerprint density at radius 2 is 2.17 bits per heavy atom. The molecule has 0 atom stereocenters. The minimum absolute atomic E-state index is 0.340. The molecule has 0 aliphatic heterocycles. The Labute approximate surface area is 103 Å². The average Bonchev–Trinajstić information content (AvgIpc) is 2.83. The molecule has 5 heteroatoms. The van der Waals surface area contributed by atoms with Crippen molar-refractivity contribution in [2.24, 2.45) is 0 Å². The Morgan fingerprint density at radius 1 is 1.33 bits per heavy atom. The Balaban J connectivity index is 2.26. The van der Waals surface area contributed by atoms with E-state index in [1.165, 1.54) is 6.20 Å². The summed E-state index contributed by atoms with van der Waals surface area (Å²) in [6, 6.07) is 7.68. The fourth-order valence-electron chi connectivity index (χ4n) is 1.93. The number of carbonyl (C=O) groups is 1. The number of esters is 1. The zero-order chi connectivity index (χ0) is 12.5. The highest BCUT2D eigenvalue weighted by molar-refractivity contribution is 5.95. The van der Waals surface area contributed by atoms with Gasteiger partial charge in [-0.1, -0.05) is 12.1 Å². The largest absolute Gasteiger partial charge is 0.461 e. The first-order valence-corrected chi connectivity index (χ1v) is 5.69. The molecule has 3 rings (SSSR count). The fraction of sp³-hybridized carbons (Fsp3) is 0.154. The fourth-order valence-corrected chi connectivity index (χ4v) is 1.93. The van der Waals surface area contributed by atoms with E-state index in [-0.39, 0.29) is 5.97 Å². The van der Waals surface area contributed by atoms with Crippen molar-refractivity contribution in [2.75, 3.05) is 6.61 Å². The zero-order valence-corrected chi connectivity index (χ0v) is 9.83. The molecular formula is C13H11N3O2. The summed E-state index contributed by atoms with van der Waals surface area (Å²) in [6.07, 6.45) is 3.11. The summed E-state index contributed by atoms with van der Waals surface area (Å²) >= 11 is 0. The molecule has 0 radical (unpaired) electrons. The van der Waals surface area contributed by atoms with Crippen molar-refractivity contribution in [1.29, 1.82) is 0 Å². The summed E-state index contributed by atoms with van der Waals surface area (Å²) in [7, 11) is 0. The van der Waals surface area contributed by atoms with Crippen LogP contribution in [-0.2, 0) is 4.74 Å². The first-order valence-electron chi connectivity index (χ1n) is 5.69. The van der Waals surface area contributed by atoms with Crippen molar-refractivity contribution in [1.82, 2.24) is 14.4 Å². The van der Waals surface area contributed by atoms with Crippen LogP contribution in [0.4, 0.5) is 0 Å². The first-order chi connectivity index (χ1) is 8.81. The summed E-state index contributed by atoms with van der Waals surface area (Å²) in [5.41, 5.74) is 1.96. The van der Waals surface area contributed by atoms with Crippen LogP contribution in [0.15, 0.2) is 36.8 Å². The summed E-state index contributed by atoms with van der Waals surface area (Å²) < 4.78 is 6.63. The predicted octanol–water partition coefficient (Wildman–Crippen LogP) is 2.06. The maximum atomic E-state index is 11.7. The van der Waals surface area contributed by atoms with Gasteiger partial charge in [0.25, 0.3) is 0 Å². The van der Waals surface area contributed by atoms with E-state index in [9.17, 15) is 4.79 Å². The lowest BCUT2D eigenvalue weighted by Gasteiger charge is -2.02. The third-order valence-corrected chi connectivity index (χ3v) is 2.74. The number of aromatic nitrogens is 3. The van der Waals surface area contributed by atoms with E-state index >= 15 is 0 Å². The number of imidazole rings is 1. The van der Waals surface area contributed by atoms with Gasteiger partial charge in [-0.3, -0.25) is 4.40 Å². The minimum atomic E-state index is -0.387. The second kappa shape index (κ2) is 4.10. The van der Waals surface area contributed by atoms with E-state index in [2.05, 4.69) is 9.97 Å². The van der Waals surface area contributed by atoms with Gasteiger partial charge in [-0.25, -0.2) is 14.8 Å². The summed E-state index contributed by atoms with van der Waals surface area (Å²) in [5.74, 6) is -0.387. The molecule has 0 saturated heterocycles. The molecule has 0 aliphatic rings. The molecule has 18 heavy (non-hydrogen) atoms. The maximum absolute atomic E-state index is 11.7. The van der Waals surface area contributed by atoms with Crippen LogP contribution in [0, 0.1) is 0 Å². The molecule has 0 amide bonds. The van der Waals surface area contributed by atoms with Gasteiger partial charge in [0.05, 0.1) is 18.3 Å². The van der Waals surface area contributed by atoms with Gasteiger partial charge in [0.1, 0.15) is 12.0 Å². The molecule has 2 aromatic heterocycles. The second-order valence-corrected chi connectivity index (χ2v) is 3.82. The Morgan fingerprint density at radius 3 is 3.00 bits per heavy atom. The number of ether oxygens (including phenoxy) is 1. The van der Waals surface area contributed by atoms with Gasteiger partial charge >= 0.3 is 5.97 Å². The van der Waals surface area contributed by atoms with Crippen molar-refractivity contribution in [3.05, 3.63) is 42.5 Å². The summed E-state index contributed by atoms with van der Waals surface area (Å²) in [4.78, 5) is 20.3. The zero-order valence-electron chi connectivity index (χ0n) is 9.83. The van der Waals surface area contributed by atoms with Crippen molar-refractivity contribution >= 4 is 22.5 Å². The number of hydrogen-bond acceptors (Lipinski definition) is 4. The maximum Gasteiger partial charge on any atom is 0.357 e. The lowest BCUT2D eigenvalue weighted by molar-refractivity contribution is 0.0518. The van der Waals surface area contributed by atoms with Gasteiger partial charge in [-0.15, -0.1) is 0 Å². The lowest BCUT2D eigenvalue weighted by Crippen LogP contribution is -2.08. The van der Waals surface area contributed by atoms with Crippen molar-refractivity contribution < 1.29 is 9.53 Å². The summed E-state index contributed by atoms with van der Waals surface area (Å²) in [6.45, 7) is 2.11. The smallest absolute Gasteiger partial charge is 0.357 e. The Bertz CT molecular complexity index is 733. The van der Waals surface area contributed by atoms with Crippen LogP contribution in [-0.4, -0.2) is 26.9 Å². The Kier molecular flexibility index (Phi) is 2.44. The average molecular weight is 241 g/mol. The lowest BCUT2D eigenvalue weighted by atomic mass is 10.2. The molecule has 0 saturated carbocycles. The van der Waals surface area contributed by atoms with Crippen molar-refractivity contribution in [3.8, 4) is 0 Å². The van der Waals surface area contributed by atoms with Gasteiger partial charge in [0.15, 0.2) is 5.69 Å². The highest BCUT2D eigenvalue weighted by Crippen LogP contribution is 2.18. The third-order valence-electron chi connectivity index (χ3n) is 2.74. The van der Waals surface area contributed by atoms with Gasteiger partial charge in [-0.2, -0.15) is 0 Å². The molecule has 5 nitrogen and oxygen atoms in total. The number of para-hydroxylation sites is 1. The van der Waals surface area contributed by atoms with Gasteiger partial charge in [-0.05, 0) is 19.1 Å². The van der Waals surface area contributed by atoms with Crippen LogP contribution < -0.4 is 0 Å². The predicted molar refractivity (Wildman–Crippen MR) is 66.4 cm³/mol. The van der Waals surface area contributed by atoms with Crippen LogP contribution in [0.25, 0.3) is 16.6 Å². The highest BCUT2D eigenvalue weighted by Gasteiger charge is 2.14. The van der Waals surface area contributed by atoms with E-state index in [0.29, 0.717) is 17.9 Å². The van der Waals surface area contributed by atoms with Gasteiger partial charge < -0.3 is 4.74 Å². The molecule has 0 spiro atoms. The molecule has 1 aromatic carbocycles. The topological polar surface area (TPSA) is 56.5 Å². The van der Waals surface area contributed by atoms with Crippen LogP contribution >= 0.6 is 0 Å². The number of benzene rings is 1. The molecule has 0 fully saturated rings. The standard InChI is InChI=1S/C13H11N3O2/c1-2-18-13(17)11-7-14-12-9-5-3-4-6-10(9)15-8-16(11)12/h3-8H,2H2,1H3. The molecular weight excluding hydrogens is 230 g/mol. The van der Waals surface area contributed by atoms with E-state index in [0.717, 1.165) is 10.9 Å². The van der Waals surface area contributed by atoms with Crippen LogP contribution in [0.5, 0.6) is 0 Å². The molecule has 2 heterocycles. The normalized spacial score (nSPS) is 10.9. The van der Waals surface area contributed by atoms with Crippen molar-refractivity contribution in [3.63, 3.8) is 0 Å². The molecule has 3 aromatic rings. The monoisotopic (exact) mass is 241 g/mol. The number of fused-ring (bicyclic) bond motifs is 3. The third kappa shape index (κ3) is 1.52. The Hall–Kier alpha value is -2.43. The van der Waals surface area contributed by atoms with E-state index < -0.39 is 0 Å². The van der Waals surface area contributed by atoms with Crippen LogP contribution in [0.1, 0.15) is 17.4 Å². The van der Waals surface area contributed by atoms with Gasteiger partial charge in [0, 0.05) is 5.39 Å². The summed E-state index contributed by atoms with van der Waals surface area (Å²) in [5, 5.41) is 0.913. The van der Waals surface area contributed by atoms with Crippen LogP contribution in [0.3, 0.4) is 0 Å². The molecule has 0 aliphatic carbocycles. The second-order valence-electron chi connectivity index (χ2n) is 3.82. The van der Waals surface area contributed by atoms with E-state index in [1.54, 1.807) is 17.7 Å². The van der Waals surface area contributed by atoms with E-state index in [4.69, 9.17) is 4.74 Å².